The number of furan rings is 1. The maximum Gasteiger partial charge on any atom is 0.0952 e. The lowest BCUT2D eigenvalue weighted by atomic mass is 10.2. The number of anilines is 2. The Balaban J connectivity index is 2.17. The Bertz CT molecular complexity index is 468. The Morgan fingerprint density at radius 2 is 2.19 bits per heavy atom. The summed E-state index contributed by atoms with van der Waals surface area (Å²) in [7, 11) is 2.03. The number of halogens is 1. The molecule has 0 aliphatic rings. The molecule has 0 fully saturated rings. The third kappa shape index (κ3) is 2.39. The van der Waals surface area contributed by atoms with E-state index in [1.165, 1.54) is 0 Å². The van der Waals surface area contributed by atoms with Gasteiger partial charge in [0.1, 0.15) is 0 Å². The van der Waals surface area contributed by atoms with Gasteiger partial charge in [-0.1, -0.05) is 0 Å². The largest absolute Gasteiger partial charge is 0.472 e. The second-order valence-corrected chi connectivity index (χ2v) is 4.55. The Morgan fingerprint density at radius 3 is 2.81 bits per heavy atom. The SMILES string of the molecule is CN(Cc1ccoc1)c1ccc(N)cc1Br. The maximum absolute atomic E-state index is 5.70. The van der Waals surface area contributed by atoms with Crippen LogP contribution in [0.4, 0.5) is 11.4 Å². The molecule has 0 bridgehead atoms. The highest BCUT2D eigenvalue weighted by Crippen LogP contribution is 2.28. The second kappa shape index (κ2) is 4.61. The van der Waals surface area contributed by atoms with Gasteiger partial charge in [0.2, 0.25) is 0 Å². The molecule has 3 nitrogen and oxygen atoms in total. The summed E-state index contributed by atoms with van der Waals surface area (Å²) >= 11 is 3.51. The van der Waals surface area contributed by atoms with Crippen molar-refractivity contribution in [3.8, 4) is 0 Å². The van der Waals surface area contributed by atoms with E-state index in [9.17, 15) is 0 Å². The zero-order valence-electron chi connectivity index (χ0n) is 8.98. The van der Waals surface area contributed by atoms with Gasteiger partial charge in [-0.25, -0.2) is 0 Å². The molecule has 1 aromatic heterocycles. The van der Waals surface area contributed by atoms with Crippen molar-refractivity contribution < 1.29 is 4.42 Å². The Hall–Kier alpha value is -1.42. The Morgan fingerprint density at radius 1 is 1.38 bits per heavy atom. The zero-order valence-corrected chi connectivity index (χ0v) is 10.6. The molecule has 0 spiro atoms. The lowest BCUT2D eigenvalue weighted by Crippen LogP contribution is -2.16. The highest BCUT2D eigenvalue weighted by molar-refractivity contribution is 9.10. The maximum atomic E-state index is 5.70. The Kier molecular flexibility index (Phi) is 3.19. The van der Waals surface area contributed by atoms with Crippen molar-refractivity contribution in [2.45, 2.75) is 6.54 Å². The van der Waals surface area contributed by atoms with Crippen molar-refractivity contribution in [1.82, 2.24) is 0 Å². The number of rotatable bonds is 3. The van der Waals surface area contributed by atoms with Crippen LogP contribution in [-0.2, 0) is 6.54 Å². The first kappa shape index (κ1) is 11.1. The molecular formula is C12H13BrN2O. The first-order valence-electron chi connectivity index (χ1n) is 4.94. The number of hydrogen-bond donors (Lipinski definition) is 1. The standard InChI is InChI=1S/C12H13BrN2O/c1-15(7-9-4-5-16-8-9)12-3-2-10(14)6-11(12)13/h2-6,8H,7,14H2,1H3. The quantitative estimate of drug-likeness (QED) is 0.878. The van der Waals surface area contributed by atoms with Crippen LogP contribution in [0.1, 0.15) is 5.56 Å². The van der Waals surface area contributed by atoms with Crippen molar-refractivity contribution in [2.24, 2.45) is 0 Å². The first-order valence-corrected chi connectivity index (χ1v) is 5.73. The molecule has 1 heterocycles. The van der Waals surface area contributed by atoms with Gasteiger partial charge in [-0.3, -0.25) is 0 Å². The highest BCUT2D eigenvalue weighted by Gasteiger charge is 2.07. The van der Waals surface area contributed by atoms with Crippen LogP contribution in [0.3, 0.4) is 0 Å². The smallest absolute Gasteiger partial charge is 0.0952 e. The van der Waals surface area contributed by atoms with Gasteiger partial charge in [0.15, 0.2) is 0 Å². The molecule has 0 aliphatic carbocycles. The zero-order chi connectivity index (χ0) is 11.5. The molecule has 84 valence electrons. The molecule has 16 heavy (non-hydrogen) atoms. The van der Waals surface area contributed by atoms with Crippen LogP contribution < -0.4 is 10.6 Å². The van der Waals surface area contributed by atoms with E-state index >= 15 is 0 Å². The summed E-state index contributed by atoms with van der Waals surface area (Å²) < 4.78 is 6.04. The molecule has 2 N–H and O–H groups in total. The van der Waals surface area contributed by atoms with Crippen LogP contribution in [-0.4, -0.2) is 7.05 Å². The lowest BCUT2D eigenvalue weighted by Gasteiger charge is -2.20. The van der Waals surface area contributed by atoms with E-state index in [2.05, 4.69) is 20.8 Å². The van der Waals surface area contributed by atoms with Gasteiger partial charge in [-0.2, -0.15) is 0 Å². The summed E-state index contributed by atoms with van der Waals surface area (Å²) in [6.07, 6.45) is 3.43. The fraction of sp³-hybridized carbons (Fsp3) is 0.167. The van der Waals surface area contributed by atoms with Crippen LogP contribution >= 0.6 is 15.9 Å². The summed E-state index contributed by atoms with van der Waals surface area (Å²) in [5, 5.41) is 0. The summed E-state index contributed by atoms with van der Waals surface area (Å²) in [5.74, 6) is 0. The van der Waals surface area contributed by atoms with E-state index in [1.54, 1.807) is 12.5 Å². The first-order chi connectivity index (χ1) is 7.66. The summed E-state index contributed by atoms with van der Waals surface area (Å²) in [4.78, 5) is 2.13. The average molecular weight is 281 g/mol. The Labute approximate surface area is 103 Å². The molecule has 0 atom stereocenters. The topological polar surface area (TPSA) is 42.4 Å². The van der Waals surface area contributed by atoms with Gasteiger partial charge in [0.25, 0.3) is 0 Å². The van der Waals surface area contributed by atoms with E-state index in [0.29, 0.717) is 0 Å². The van der Waals surface area contributed by atoms with Crippen LogP contribution in [0.25, 0.3) is 0 Å². The molecule has 0 saturated heterocycles. The van der Waals surface area contributed by atoms with Crippen molar-refractivity contribution >= 4 is 27.3 Å². The number of nitrogens with zero attached hydrogens (tertiary/aromatic N) is 1. The monoisotopic (exact) mass is 280 g/mol. The predicted octanol–water partition coefficient (Wildman–Crippen LogP) is 3.26. The second-order valence-electron chi connectivity index (χ2n) is 3.70. The number of hydrogen-bond acceptors (Lipinski definition) is 3. The van der Waals surface area contributed by atoms with E-state index in [4.69, 9.17) is 10.2 Å². The third-order valence-electron chi connectivity index (χ3n) is 2.38. The van der Waals surface area contributed by atoms with Gasteiger partial charge < -0.3 is 15.1 Å². The molecule has 0 saturated carbocycles. The van der Waals surface area contributed by atoms with E-state index in [1.807, 2.05) is 31.3 Å². The van der Waals surface area contributed by atoms with Crippen LogP contribution in [0.15, 0.2) is 45.7 Å². The minimum absolute atomic E-state index is 0.757. The number of nitrogens with two attached hydrogens (primary N) is 1. The molecule has 0 amide bonds. The minimum atomic E-state index is 0.757. The van der Waals surface area contributed by atoms with Crippen LogP contribution in [0, 0.1) is 0 Å². The minimum Gasteiger partial charge on any atom is -0.472 e. The van der Waals surface area contributed by atoms with Gasteiger partial charge in [-0.15, -0.1) is 0 Å². The van der Waals surface area contributed by atoms with E-state index < -0.39 is 0 Å². The molecule has 0 radical (unpaired) electrons. The van der Waals surface area contributed by atoms with Crippen molar-refractivity contribution in [2.75, 3.05) is 17.7 Å². The van der Waals surface area contributed by atoms with Crippen molar-refractivity contribution in [1.29, 1.82) is 0 Å². The lowest BCUT2D eigenvalue weighted by molar-refractivity contribution is 0.563. The molecular weight excluding hydrogens is 268 g/mol. The highest BCUT2D eigenvalue weighted by atomic mass is 79.9. The fourth-order valence-corrected chi connectivity index (χ4v) is 2.27. The third-order valence-corrected chi connectivity index (χ3v) is 3.02. The average Bonchev–Trinajstić information content (AvgIpc) is 2.70. The summed E-state index contributed by atoms with van der Waals surface area (Å²) in [6, 6.07) is 7.76. The van der Waals surface area contributed by atoms with Crippen LogP contribution in [0.2, 0.25) is 0 Å². The van der Waals surface area contributed by atoms with Gasteiger partial charge in [0, 0.05) is 29.3 Å². The number of nitrogen functional groups attached to an aromatic ring is 1. The van der Waals surface area contributed by atoms with E-state index in [-0.39, 0.29) is 0 Å². The van der Waals surface area contributed by atoms with Gasteiger partial charge >= 0.3 is 0 Å². The summed E-state index contributed by atoms with van der Waals surface area (Å²) in [5.41, 5.74) is 8.71. The van der Waals surface area contributed by atoms with Crippen LogP contribution in [0.5, 0.6) is 0 Å². The van der Waals surface area contributed by atoms with E-state index in [0.717, 1.165) is 28.0 Å². The van der Waals surface area contributed by atoms with Crippen molar-refractivity contribution in [3.05, 3.63) is 46.8 Å². The normalized spacial score (nSPS) is 10.4. The molecule has 0 unspecified atom stereocenters. The van der Waals surface area contributed by atoms with Gasteiger partial charge in [0.05, 0.1) is 18.2 Å². The molecule has 2 rings (SSSR count). The number of benzene rings is 1. The fourth-order valence-electron chi connectivity index (χ4n) is 1.57. The molecule has 1 aromatic carbocycles. The summed E-state index contributed by atoms with van der Waals surface area (Å²) in [6.45, 7) is 0.805. The van der Waals surface area contributed by atoms with Crippen molar-refractivity contribution in [3.63, 3.8) is 0 Å². The molecule has 4 heteroatoms. The predicted molar refractivity (Wildman–Crippen MR) is 69.4 cm³/mol. The molecule has 0 aliphatic heterocycles. The van der Waals surface area contributed by atoms with Gasteiger partial charge in [-0.05, 0) is 40.2 Å². The molecule has 2 aromatic rings.